The molecule has 1 nitrogen and oxygen atoms in total. The van der Waals surface area contributed by atoms with Crippen LogP contribution in [0.15, 0.2) is 60.7 Å². The molecule has 0 spiro atoms. The largest absolute Gasteiger partial charge is 0.324 e. The van der Waals surface area contributed by atoms with Gasteiger partial charge in [-0.3, -0.25) is 0 Å². The minimum atomic E-state index is 0.0246. The van der Waals surface area contributed by atoms with Crippen LogP contribution in [0.1, 0.15) is 28.3 Å². The van der Waals surface area contributed by atoms with Crippen molar-refractivity contribution in [3.63, 3.8) is 0 Å². The maximum absolute atomic E-state index is 6.51. The fourth-order valence-electron chi connectivity index (χ4n) is 2.98. The fourth-order valence-corrected chi connectivity index (χ4v) is 2.98. The van der Waals surface area contributed by atoms with Crippen molar-refractivity contribution in [1.82, 2.24) is 0 Å². The zero-order valence-electron chi connectivity index (χ0n) is 12.6. The molecule has 0 aromatic heterocycles. The van der Waals surface area contributed by atoms with Crippen molar-refractivity contribution in [3.05, 3.63) is 82.9 Å². The molecule has 0 fully saturated rings. The van der Waals surface area contributed by atoms with Gasteiger partial charge in [0.15, 0.2) is 0 Å². The molecule has 3 rings (SSSR count). The van der Waals surface area contributed by atoms with Crippen molar-refractivity contribution in [3.8, 4) is 0 Å². The third kappa shape index (κ3) is 2.70. The molecule has 0 amide bonds. The molecule has 0 radical (unpaired) electrons. The molecule has 1 heteroatoms. The van der Waals surface area contributed by atoms with Crippen LogP contribution in [0.4, 0.5) is 0 Å². The minimum Gasteiger partial charge on any atom is -0.324 e. The van der Waals surface area contributed by atoms with E-state index in [9.17, 15) is 0 Å². The Morgan fingerprint density at radius 2 is 1.43 bits per heavy atom. The average molecular weight is 275 g/mol. The molecule has 21 heavy (non-hydrogen) atoms. The number of hydrogen-bond acceptors (Lipinski definition) is 1. The predicted octanol–water partition coefficient (Wildman–Crippen LogP) is 4.70. The normalized spacial score (nSPS) is 12.5. The molecule has 0 aliphatic heterocycles. The van der Waals surface area contributed by atoms with Crippen LogP contribution in [0, 0.1) is 13.8 Å². The summed E-state index contributed by atoms with van der Waals surface area (Å²) in [5, 5.41) is 2.58. The Bertz CT molecular complexity index is 774. The highest BCUT2D eigenvalue weighted by Crippen LogP contribution is 2.28. The van der Waals surface area contributed by atoms with E-state index in [1.54, 1.807) is 0 Å². The second kappa shape index (κ2) is 5.71. The lowest BCUT2D eigenvalue weighted by Crippen LogP contribution is -2.14. The second-order valence-corrected chi connectivity index (χ2v) is 5.75. The van der Waals surface area contributed by atoms with Crippen LogP contribution in [-0.2, 0) is 6.42 Å². The molecule has 1 atom stereocenters. The van der Waals surface area contributed by atoms with Gasteiger partial charge in [0.05, 0.1) is 0 Å². The number of nitrogens with two attached hydrogens (primary N) is 1. The monoisotopic (exact) mass is 275 g/mol. The number of rotatable bonds is 3. The van der Waals surface area contributed by atoms with E-state index in [-0.39, 0.29) is 6.04 Å². The molecule has 2 N–H and O–H groups in total. The van der Waals surface area contributed by atoms with Gasteiger partial charge >= 0.3 is 0 Å². The lowest BCUT2D eigenvalue weighted by atomic mass is 9.92. The molecule has 1 unspecified atom stereocenters. The molecule has 3 aromatic carbocycles. The van der Waals surface area contributed by atoms with E-state index in [4.69, 9.17) is 5.73 Å². The van der Waals surface area contributed by atoms with Gasteiger partial charge in [0, 0.05) is 6.04 Å². The number of benzene rings is 3. The smallest absolute Gasteiger partial charge is 0.0342 e. The highest BCUT2D eigenvalue weighted by Gasteiger charge is 2.12. The van der Waals surface area contributed by atoms with E-state index >= 15 is 0 Å². The number of hydrogen-bond donors (Lipinski definition) is 1. The van der Waals surface area contributed by atoms with E-state index in [0.717, 1.165) is 6.42 Å². The summed E-state index contributed by atoms with van der Waals surface area (Å²) >= 11 is 0. The van der Waals surface area contributed by atoms with Crippen LogP contribution in [-0.4, -0.2) is 0 Å². The SMILES string of the molecule is Cc1ccccc1CC(N)c1ccc(C)c2ccccc12. The van der Waals surface area contributed by atoms with Crippen LogP contribution in [0.5, 0.6) is 0 Å². The molecule has 0 saturated carbocycles. The molecule has 0 aliphatic rings. The van der Waals surface area contributed by atoms with Gasteiger partial charge in [0.2, 0.25) is 0 Å². The Balaban J connectivity index is 2.01. The van der Waals surface area contributed by atoms with Gasteiger partial charge in [-0.15, -0.1) is 0 Å². The van der Waals surface area contributed by atoms with Crippen LogP contribution in [0.2, 0.25) is 0 Å². The Morgan fingerprint density at radius 1 is 0.762 bits per heavy atom. The van der Waals surface area contributed by atoms with Crippen LogP contribution in [0.25, 0.3) is 10.8 Å². The van der Waals surface area contributed by atoms with Gasteiger partial charge in [0.1, 0.15) is 0 Å². The Morgan fingerprint density at radius 3 is 2.19 bits per heavy atom. The van der Waals surface area contributed by atoms with Gasteiger partial charge in [-0.05, 0) is 53.3 Å². The summed E-state index contributed by atoms with van der Waals surface area (Å²) in [6.45, 7) is 4.30. The molecule has 106 valence electrons. The molecule has 0 heterocycles. The van der Waals surface area contributed by atoms with E-state index in [1.165, 1.54) is 33.0 Å². The van der Waals surface area contributed by atoms with Crippen LogP contribution < -0.4 is 5.73 Å². The van der Waals surface area contributed by atoms with Gasteiger partial charge < -0.3 is 5.73 Å². The zero-order chi connectivity index (χ0) is 14.8. The van der Waals surface area contributed by atoms with Gasteiger partial charge in [0.25, 0.3) is 0 Å². The second-order valence-electron chi connectivity index (χ2n) is 5.75. The van der Waals surface area contributed by atoms with Crippen molar-refractivity contribution in [2.45, 2.75) is 26.3 Å². The molecular weight excluding hydrogens is 254 g/mol. The van der Waals surface area contributed by atoms with Crippen LogP contribution in [0.3, 0.4) is 0 Å². The van der Waals surface area contributed by atoms with Crippen molar-refractivity contribution < 1.29 is 0 Å². The van der Waals surface area contributed by atoms with Crippen molar-refractivity contribution >= 4 is 10.8 Å². The third-order valence-corrected chi connectivity index (χ3v) is 4.28. The highest BCUT2D eigenvalue weighted by atomic mass is 14.6. The highest BCUT2D eigenvalue weighted by molar-refractivity contribution is 5.88. The molecule has 0 saturated heterocycles. The lowest BCUT2D eigenvalue weighted by molar-refractivity contribution is 0.724. The summed E-state index contributed by atoms with van der Waals surface area (Å²) in [6.07, 6.45) is 0.875. The van der Waals surface area contributed by atoms with Gasteiger partial charge in [-0.2, -0.15) is 0 Å². The quantitative estimate of drug-likeness (QED) is 0.736. The zero-order valence-corrected chi connectivity index (χ0v) is 12.6. The summed E-state index contributed by atoms with van der Waals surface area (Å²) in [5.41, 5.74) is 11.7. The van der Waals surface area contributed by atoms with Gasteiger partial charge in [-0.1, -0.05) is 60.7 Å². The third-order valence-electron chi connectivity index (χ3n) is 4.28. The molecular formula is C20H21N. The average Bonchev–Trinajstić information content (AvgIpc) is 2.50. The summed E-state index contributed by atoms with van der Waals surface area (Å²) in [4.78, 5) is 0. The lowest BCUT2D eigenvalue weighted by Gasteiger charge is -2.17. The number of fused-ring (bicyclic) bond motifs is 1. The summed E-state index contributed by atoms with van der Waals surface area (Å²) < 4.78 is 0. The van der Waals surface area contributed by atoms with Crippen molar-refractivity contribution in [2.75, 3.05) is 0 Å². The first kappa shape index (κ1) is 13.8. The first-order valence-electron chi connectivity index (χ1n) is 7.45. The summed E-state index contributed by atoms with van der Waals surface area (Å²) in [7, 11) is 0. The first-order chi connectivity index (χ1) is 10.2. The van der Waals surface area contributed by atoms with E-state index in [0.29, 0.717) is 0 Å². The van der Waals surface area contributed by atoms with Crippen molar-refractivity contribution in [1.29, 1.82) is 0 Å². The molecule has 0 bridgehead atoms. The topological polar surface area (TPSA) is 26.0 Å². The first-order valence-corrected chi connectivity index (χ1v) is 7.45. The van der Waals surface area contributed by atoms with Crippen molar-refractivity contribution in [2.24, 2.45) is 5.73 Å². The predicted molar refractivity (Wildman–Crippen MR) is 90.5 cm³/mol. The van der Waals surface area contributed by atoms with E-state index < -0.39 is 0 Å². The Kier molecular flexibility index (Phi) is 3.76. The minimum absolute atomic E-state index is 0.0246. The number of aryl methyl sites for hydroxylation is 2. The van der Waals surface area contributed by atoms with Crippen LogP contribution >= 0.6 is 0 Å². The van der Waals surface area contributed by atoms with Gasteiger partial charge in [-0.25, -0.2) is 0 Å². The Hall–Kier alpha value is -2.12. The standard InChI is InChI=1S/C20H21N/c1-14-7-3-4-8-16(14)13-20(21)19-12-11-15(2)17-9-5-6-10-18(17)19/h3-12,20H,13,21H2,1-2H3. The van der Waals surface area contributed by atoms with E-state index in [2.05, 4.69) is 74.5 Å². The summed E-state index contributed by atoms with van der Waals surface area (Å²) in [5.74, 6) is 0. The maximum Gasteiger partial charge on any atom is 0.0342 e. The Labute approximate surface area is 126 Å². The van der Waals surface area contributed by atoms with E-state index in [1.807, 2.05) is 0 Å². The summed E-state index contributed by atoms with van der Waals surface area (Å²) in [6, 6.07) is 21.4. The fraction of sp³-hybridized carbons (Fsp3) is 0.200. The maximum atomic E-state index is 6.51. The molecule has 3 aromatic rings. The molecule has 0 aliphatic carbocycles.